The number of hydrogen-bond acceptors (Lipinski definition) is 5. The fourth-order valence-corrected chi connectivity index (χ4v) is 7.71. The molecule has 1 saturated heterocycles. The van der Waals surface area contributed by atoms with Crippen LogP contribution in [-0.2, 0) is 0 Å². The molecule has 186 valence electrons. The Morgan fingerprint density at radius 3 is 2.26 bits per heavy atom. The number of Topliss-reactive ketones (excluding diaryl/α,β-unsaturated/α-hetero) is 3. The average Bonchev–Trinajstić information content (AvgIpc) is 3.62. The van der Waals surface area contributed by atoms with Crippen molar-refractivity contribution in [3.63, 3.8) is 0 Å². The van der Waals surface area contributed by atoms with Gasteiger partial charge in [0, 0.05) is 32.8 Å². The number of thiophene rings is 1. The Bertz CT molecular complexity index is 1660. The predicted octanol–water partition coefficient (Wildman–Crippen LogP) is 7.37. The highest BCUT2D eigenvalue weighted by Gasteiger charge is 2.71. The number of benzene rings is 3. The molecule has 0 saturated carbocycles. The predicted molar refractivity (Wildman–Crippen MR) is 151 cm³/mol. The topological polar surface area (TPSA) is 54.5 Å². The van der Waals surface area contributed by atoms with Gasteiger partial charge in [0.2, 0.25) is 0 Å². The van der Waals surface area contributed by atoms with Crippen molar-refractivity contribution in [1.29, 1.82) is 0 Å². The molecule has 0 amide bonds. The maximum atomic E-state index is 14.5. The van der Waals surface area contributed by atoms with Gasteiger partial charge in [0.25, 0.3) is 0 Å². The van der Waals surface area contributed by atoms with Crippen LogP contribution in [0.5, 0.6) is 0 Å². The van der Waals surface area contributed by atoms with E-state index >= 15 is 0 Å². The maximum absolute atomic E-state index is 14.5. The largest absolute Gasteiger partial charge is 0.352 e. The fourth-order valence-electron chi connectivity index (χ4n) is 6.58. The third-order valence-corrected chi connectivity index (χ3v) is 9.50. The van der Waals surface area contributed by atoms with E-state index in [1.165, 1.54) is 11.3 Å². The number of nitrogens with zero attached hydrogens (tertiary/aromatic N) is 1. The quantitative estimate of drug-likeness (QED) is 0.195. The monoisotopic (exact) mass is 555 g/mol. The highest BCUT2D eigenvalue weighted by Crippen LogP contribution is 2.61. The Morgan fingerprint density at radius 2 is 1.58 bits per heavy atom. The molecule has 3 aliphatic rings. The van der Waals surface area contributed by atoms with Gasteiger partial charge >= 0.3 is 0 Å². The second-order valence-corrected chi connectivity index (χ2v) is 11.6. The number of carbonyl (C=O) groups excluding carboxylic acids is 3. The van der Waals surface area contributed by atoms with Crippen molar-refractivity contribution in [1.82, 2.24) is 0 Å². The van der Waals surface area contributed by atoms with Crippen LogP contribution >= 0.6 is 34.5 Å². The lowest BCUT2D eigenvalue weighted by atomic mass is 9.64. The van der Waals surface area contributed by atoms with E-state index in [-0.39, 0.29) is 17.3 Å². The molecule has 0 unspecified atom stereocenters. The van der Waals surface area contributed by atoms with Crippen molar-refractivity contribution in [3.05, 3.63) is 127 Å². The molecule has 1 spiro atoms. The zero-order chi connectivity index (χ0) is 26.2. The molecule has 4 aromatic rings. The molecular weight excluding hydrogens is 537 g/mol. The molecule has 7 rings (SSSR count). The van der Waals surface area contributed by atoms with Crippen LogP contribution in [0.2, 0.25) is 10.0 Å². The smallest absolute Gasteiger partial charge is 0.195 e. The molecule has 3 heterocycles. The normalized spacial score (nSPS) is 22.5. The number of anilines is 1. The minimum Gasteiger partial charge on any atom is -0.352 e. The van der Waals surface area contributed by atoms with Gasteiger partial charge in [-0.3, -0.25) is 14.4 Å². The first kappa shape index (κ1) is 23.6. The lowest BCUT2D eigenvalue weighted by molar-refractivity contribution is 0.0666. The van der Waals surface area contributed by atoms with Crippen molar-refractivity contribution in [2.24, 2.45) is 5.41 Å². The Balaban J connectivity index is 1.57. The number of rotatable bonds is 3. The first-order valence-electron chi connectivity index (χ1n) is 12.2. The SMILES string of the molecule is O=C(c1cccs1)[C@H]1[C@H](c2ccccc2Cl)C2(C(=O)c3ccccc3C2=O)[C@@H]2C=Cc3cc(Cl)ccc3N21. The van der Waals surface area contributed by atoms with Gasteiger partial charge in [0.05, 0.1) is 10.9 Å². The summed E-state index contributed by atoms with van der Waals surface area (Å²) in [7, 11) is 0. The van der Waals surface area contributed by atoms with Crippen LogP contribution in [-0.4, -0.2) is 29.4 Å². The lowest BCUT2D eigenvalue weighted by Crippen LogP contribution is -2.48. The summed E-state index contributed by atoms with van der Waals surface area (Å²) in [6, 6.07) is 21.7. The molecule has 38 heavy (non-hydrogen) atoms. The summed E-state index contributed by atoms with van der Waals surface area (Å²) >= 11 is 14.5. The molecule has 0 N–H and O–H groups in total. The third-order valence-electron chi connectivity index (χ3n) is 8.04. The Labute approximate surface area is 233 Å². The summed E-state index contributed by atoms with van der Waals surface area (Å²) in [6.07, 6.45) is 3.78. The zero-order valence-corrected chi connectivity index (χ0v) is 22.1. The van der Waals surface area contributed by atoms with E-state index in [4.69, 9.17) is 23.2 Å². The van der Waals surface area contributed by atoms with Crippen LogP contribution in [0.4, 0.5) is 5.69 Å². The first-order valence-corrected chi connectivity index (χ1v) is 13.8. The van der Waals surface area contributed by atoms with Crippen LogP contribution in [0.3, 0.4) is 0 Å². The molecule has 7 heteroatoms. The summed E-state index contributed by atoms with van der Waals surface area (Å²) in [6.45, 7) is 0. The van der Waals surface area contributed by atoms with E-state index in [1.54, 1.807) is 48.5 Å². The summed E-state index contributed by atoms with van der Waals surface area (Å²) in [5.41, 5.74) is 1.38. The van der Waals surface area contributed by atoms with E-state index in [0.29, 0.717) is 31.6 Å². The molecule has 1 fully saturated rings. The van der Waals surface area contributed by atoms with Crippen LogP contribution in [0.15, 0.2) is 90.3 Å². The van der Waals surface area contributed by atoms with Crippen molar-refractivity contribution in [2.45, 2.75) is 18.0 Å². The molecule has 1 aromatic heterocycles. The van der Waals surface area contributed by atoms with Crippen molar-refractivity contribution in [3.8, 4) is 0 Å². The van der Waals surface area contributed by atoms with Crippen LogP contribution in [0, 0.1) is 5.41 Å². The van der Waals surface area contributed by atoms with E-state index < -0.39 is 23.4 Å². The van der Waals surface area contributed by atoms with E-state index in [9.17, 15) is 14.4 Å². The number of hydrogen-bond donors (Lipinski definition) is 0. The van der Waals surface area contributed by atoms with Gasteiger partial charge in [-0.05, 0) is 46.8 Å². The van der Waals surface area contributed by atoms with Crippen LogP contribution in [0.25, 0.3) is 6.08 Å². The van der Waals surface area contributed by atoms with Gasteiger partial charge in [-0.15, -0.1) is 11.3 Å². The Morgan fingerprint density at radius 1 is 0.868 bits per heavy atom. The van der Waals surface area contributed by atoms with Crippen LogP contribution < -0.4 is 4.90 Å². The second kappa shape index (κ2) is 8.50. The summed E-state index contributed by atoms with van der Waals surface area (Å²) < 4.78 is 0. The molecule has 0 radical (unpaired) electrons. The molecule has 3 aromatic carbocycles. The van der Waals surface area contributed by atoms with Gasteiger partial charge in [0.1, 0.15) is 11.5 Å². The summed E-state index contributed by atoms with van der Waals surface area (Å²) in [4.78, 5) is 46.0. The zero-order valence-electron chi connectivity index (χ0n) is 19.8. The van der Waals surface area contributed by atoms with Gasteiger partial charge in [-0.2, -0.15) is 0 Å². The third kappa shape index (κ3) is 3.01. The number of halogens is 2. The standard InChI is InChI=1S/C31H19Cl2NO3S/c32-18-12-13-23-17(16-18)11-14-25-31(29(36)19-6-1-2-7-20(19)30(31)37)26(21-8-3-4-9-22(21)33)27(34(23)25)28(35)24-10-5-15-38-24/h1-16,25-27H/t25-,26-,27+/m0/s1. The van der Waals surface area contributed by atoms with Gasteiger partial charge < -0.3 is 4.90 Å². The minimum absolute atomic E-state index is 0.153. The number of ketones is 3. The van der Waals surface area contributed by atoms with Crippen LogP contribution in [0.1, 0.15) is 47.4 Å². The molecule has 4 nitrogen and oxygen atoms in total. The molecule has 1 aliphatic carbocycles. The van der Waals surface area contributed by atoms with Gasteiger partial charge in [-0.1, -0.05) is 83.9 Å². The highest BCUT2D eigenvalue weighted by atomic mass is 35.5. The lowest BCUT2D eigenvalue weighted by Gasteiger charge is -2.37. The molecule has 0 bridgehead atoms. The molecular formula is C31H19Cl2NO3S. The fraction of sp³-hybridized carbons (Fsp3) is 0.129. The first-order chi connectivity index (χ1) is 18.4. The Kier molecular flexibility index (Phi) is 5.28. The minimum atomic E-state index is -1.57. The highest BCUT2D eigenvalue weighted by molar-refractivity contribution is 7.12. The number of carbonyl (C=O) groups is 3. The number of fused-ring (bicyclic) bond motifs is 5. The van der Waals surface area contributed by atoms with Gasteiger partial charge in [-0.25, -0.2) is 0 Å². The average molecular weight is 556 g/mol. The van der Waals surface area contributed by atoms with Crippen molar-refractivity contribution in [2.75, 3.05) is 4.90 Å². The Hall–Kier alpha value is -3.51. The van der Waals surface area contributed by atoms with Crippen molar-refractivity contribution >= 4 is 63.7 Å². The maximum Gasteiger partial charge on any atom is 0.195 e. The molecule has 2 aliphatic heterocycles. The van der Waals surface area contributed by atoms with Gasteiger partial charge in [0.15, 0.2) is 17.3 Å². The second-order valence-electron chi connectivity index (χ2n) is 9.77. The van der Waals surface area contributed by atoms with E-state index in [2.05, 4.69) is 0 Å². The molecule has 3 atom stereocenters. The summed E-state index contributed by atoms with van der Waals surface area (Å²) in [5, 5.41) is 2.83. The van der Waals surface area contributed by atoms with Crippen molar-refractivity contribution < 1.29 is 14.4 Å². The van der Waals surface area contributed by atoms with E-state index in [0.717, 1.165) is 11.3 Å². The summed E-state index contributed by atoms with van der Waals surface area (Å²) in [5.74, 6) is -1.53. The van der Waals surface area contributed by atoms with E-state index in [1.807, 2.05) is 52.8 Å².